The van der Waals surface area contributed by atoms with E-state index in [1.54, 1.807) is 6.07 Å². The lowest BCUT2D eigenvalue weighted by molar-refractivity contribution is -0.254. The zero-order chi connectivity index (χ0) is 27.5. The number of carbonyl (C=O) groups excluding carboxylic acids is 2. The highest BCUT2D eigenvalue weighted by molar-refractivity contribution is 6.07. The fourth-order valence-corrected chi connectivity index (χ4v) is 5.53. The lowest BCUT2D eigenvalue weighted by Crippen LogP contribution is -2.52. The minimum absolute atomic E-state index is 0.139. The van der Waals surface area contributed by atoms with Gasteiger partial charge in [0.2, 0.25) is 5.36 Å². The van der Waals surface area contributed by atoms with Crippen molar-refractivity contribution in [2.45, 2.75) is 32.6 Å². The summed E-state index contributed by atoms with van der Waals surface area (Å²) in [6.45, 7) is 9.52. The number of esters is 1. The predicted molar refractivity (Wildman–Crippen MR) is 149 cm³/mol. The Morgan fingerprint density at radius 3 is 2.41 bits per heavy atom. The summed E-state index contributed by atoms with van der Waals surface area (Å²) in [5, 5.41) is 14.1. The van der Waals surface area contributed by atoms with Crippen molar-refractivity contribution in [1.82, 2.24) is 4.58 Å². The van der Waals surface area contributed by atoms with E-state index in [9.17, 15) is 14.7 Å². The first-order valence-electron chi connectivity index (χ1n) is 13.4. The second-order valence-corrected chi connectivity index (χ2v) is 11.6. The summed E-state index contributed by atoms with van der Waals surface area (Å²) >= 11 is 0. The summed E-state index contributed by atoms with van der Waals surface area (Å²) in [7, 11) is 1.41. The number of fused-ring (bicyclic) bond motifs is 2. The van der Waals surface area contributed by atoms with Crippen molar-refractivity contribution in [2.24, 2.45) is 5.92 Å². The third-order valence-corrected chi connectivity index (χ3v) is 8.07. The molecule has 7 heteroatoms. The molecule has 0 N–H and O–H groups in total. The Morgan fingerprint density at radius 1 is 1.00 bits per heavy atom. The molecular weight excluding hydrogens is 492 g/mol. The van der Waals surface area contributed by atoms with E-state index >= 15 is 0 Å². The van der Waals surface area contributed by atoms with Crippen LogP contribution in [0.25, 0.3) is 33.4 Å². The Labute approximate surface area is 227 Å². The van der Waals surface area contributed by atoms with Crippen molar-refractivity contribution in [3.63, 3.8) is 0 Å². The smallest absolute Gasteiger partial charge is 0.321 e. The molecule has 0 aromatic heterocycles. The molecule has 0 unspecified atom stereocenters. The van der Waals surface area contributed by atoms with Crippen LogP contribution in [-0.2, 0) is 14.9 Å². The molecule has 0 bridgehead atoms. The molecule has 0 saturated carbocycles. The van der Waals surface area contributed by atoms with E-state index < -0.39 is 5.97 Å². The van der Waals surface area contributed by atoms with Gasteiger partial charge in [-0.25, -0.2) is 4.58 Å². The number of benzene rings is 3. The molecule has 0 radical (unpaired) electrons. The van der Waals surface area contributed by atoms with Gasteiger partial charge in [-0.3, -0.25) is 4.79 Å². The maximum absolute atomic E-state index is 12.3. The zero-order valence-electron chi connectivity index (χ0n) is 22.7. The summed E-state index contributed by atoms with van der Waals surface area (Å²) in [6.07, 6.45) is 1.17. The zero-order valence-corrected chi connectivity index (χ0v) is 22.7. The highest BCUT2D eigenvalue weighted by Crippen LogP contribution is 2.43. The number of hydrogen-bond donors (Lipinski definition) is 0. The Balaban J connectivity index is 1.62. The van der Waals surface area contributed by atoms with Crippen LogP contribution in [0, 0.1) is 5.92 Å². The minimum Gasteiger partial charge on any atom is -0.545 e. The Morgan fingerprint density at radius 2 is 1.77 bits per heavy atom. The number of carboxylic acids is 1. The van der Waals surface area contributed by atoms with Crippen LogP contribution in [0.2, 0.25) is 0 Å². The van der Waals surface area contributed by atoms with Crippen molar-refractivity contribution in [2.75, 3.05) is 38.2 Å². The number of anilines is 1. The van der Waals surface area contributed by atoms with Crippen molar-refractivity contribution in [3.8, 4) is 22.5 Å². The van der Waals surface area contributed by atoms with Crippen LogP contribution in [0.5, 0.6) is 0 Å². The number of ether oxygens (including phenoxy) is 1. The predicted octanol–water partition coefficient (Wildman–Crippen LogP) is 3.65. The topological polar surface area (TPSA) is 85.8 Å². The fourth-order valence-electron chi connectivity index (χ4n) is 5.53. The maximum atomic E-state index is 12.3. The van der Waals surface area contributed by atoms with Crippen molar-refractivity contribution < 1.29 is 23.8 Å². The van der Waals surface area contributed by atoms with Crippen LogP contribution in [0.4, 0.5) is 5.69 Å². The Bertz CT molecular complexity index is 1660. The molecule has 2 saturated heterocycles. The van der Waals surface area contributed by atoms with Gasteiger partial charge in [0.1, 0.15) is 11.3 Å². The number of carbonyl (C=O) groups is 2. The van der Waals surface area contributed by atoms with Crippen LogP contribution < -0.4 is 19.9 Å². The number of hydrogen-bond acceptors (Lipinski definition) is 6. The molecular formula is C32H32N2O5. The lowest BCUT2D eigenvalue weighted by Gasteiger charge is -2.33. The van der Waals surface area contributed by atoms with Gasteiger partial charge < -0.3 is 24.0 Å². The maximum Gasteiger partial charge on any atom is 0.321 e. The van der Waals surface area contributed by atoms with Crippen LogP contribution >= 0.6 is 0 Å². The van der Waals surface area contributed by atoms with Gasteiger partial charge in [0, 0.05) is 53.0 Å². The van der Waals surface area contributed by atoms with E-state index in [1.807, 2.05) is 42.5 Å². The van der Waals surface area contributed by atoms with E-state index in [4.69, 9.17) is 9.15 Å². The van der Waals surface area contributed by atoms with Crippen LogP contribution in [0.3, 0.4) is 0 Å². The standard InChI is InChI=1S/C32H32N2O5/c1-32(2,3)20-6-9-23(30(35)36)26(14-20)29-24-10-7-21(33-12-5-13-33)15-27(24)39-28-16-22(8-11-25(28)29)34-17-19(18-34)31(37)38-4/h6-11,14-16,19H,5,12-13,17-18H2,1-4H3. The molecule has 0 spiro atoms. The van der Waals surface area contributed by atoms with E-state index in [2.05, 4.69) is 36.3 Å². The average molecular weight is 525 g/mol. The molecule has 0 atom stereocenters. The number of aromatic carboxylic acids is 1. The Hall–Kier alpha value is -4.13. The number of nitrogens with zero attached hydrogens (tertiary/aromatic N) is 2. The van der Waals surface area contributed by atoms with E-state index in [0.717, 1.165) is 46.2 Å². The van der Waals surface area contributed by atoms with Gasteiger partial charge in [-0.1, -0.05) is 32.9 Å². The third-order valence-electron chi connectivity index (χ3n) is 8.07. The molecule has 2 aromatic carbocycles. The summed E-state index contributed by atoms with van der Waals surface area (Å²) < 4.78 is 13.5. The SMILES string of the molecule is COC(=O)C1C[N+](=c2ccc3c(-c4cc(C(C)(C)C)ccc4C(=O)[O-])c4ccc(N5CCC5)cc4oc-3c2)C1. The van der Waals surface area contributed by atoms with Gasteiger partial charge >= 0.3 is 5.97 Å². The molecule has 4 aliphatic rings. The van der Waals surface area contributed by atoms with Crippen molar-refractivity contribution in [1.29, 1.82) is 0 Å². The normalized spacial score (nSPS) is 17.2. The Kier molecular flexibility index (Phi) is 5.97. The molecule has 39 heavy (non-hydrogen) atoms. The average Bonchev–Trinajstić information content (AvgIpc) is 2.84. The molecule has 200 valence electrons. The van der Waals surface area contributed by atoms with Gasteiger partial charge in [0.05, 0.1) is 19.1 Å². The highest BCUT2D eigenvalue weighted by atomic mass is 16.5. The summed E-state index contributed by atoms with van der Waals surface area (Å²) in [5.74, 6) is -0.893. The molecule has 2 aromatic rings. The second kappa shape index (κ2) is 9.26. The first kappa shape index (κ1) is 25.2. The first-order valence-corrected chi connectivity index (χ1v) is 13.4. The molecule has 0 amide bonds. The van der Waals surface area contributed by atoms with Gasteiger partial charge in [-0.05, 0) is 47.2 Å². The van der Waals surface area contributed by atoms with E-state index in [0.29, 0.717) is 30.0 Å². The summed E-state index contributed by atoms with van der Waals surface area (Å²) in [5.41, 5.74) is 5.05. The van der Waals surface area contributed by atoms with Crippen molar-refractivity contribution >= 4 is 28.6 Å². The van der Waals surface area contributed by atoms with Crippen LogP contribution in [-0.4, -0.2) is 45.2 Å². The number of carboxylic acid groups (broad SMARTS) is 1. The quantitative estimate of drug-likeness (QED) is 0.230. The van der Waals surface area contributed by atoms with Crippen LogP contribution in [0.1, 0.15) is 43.1 Å². The molecule has 3 aliphatic heterocycles. The number of rotatable bonds is 4. The summed E-state index contributed by atoms with van der Waals surface area (Å²) in [4.78, 5) is 26.5. The lowest BCUT2D eigenvalue weighted by atomic mass is 9.82. The third kappa shape index (κ3) is 4.36. The molecule has 1 aliphatic carbocycles. The minimum atomic E-state index is -1.21. The monoisotopic (exact) mass is 524 g/mol. The molecule has 3 heterocycles. The van der Waals surface area contributed by atoms with Gasteiger partial charge in [0.15, 0.2) is 19.0 Å². The van der Waals surface area contributed by atoms with Gasteiger partial charge in [0.25, 0.3) is 0 Å². The van der Waals surface area contributed by atoms with Crippen molar-refractivity contribution in [3.05, 3.63) is 71.1 Å². The van der Waals surface area contributed by atoms with Gasteiger partial charge in [-0.2, -0.15) is 0 Å². The number of methoxy groups -OCH3 is 1. The second-order valence-electron chi connectivity index (χ2n) is 11.6. The fraction of sp³-hybridized carbons (Fsp3) is 0.344. The van der Waals surface area contributed by atoms with E-state index in [-0.39, 0.29) is 22.9 Å². The highest BCUT2D eigenvalue weighted by Gasteiger charge is 2.38. The van der Waals surface area contributed by atoms with Gasteiger partial charge in [-0.15, -0.1) is 0 Å². The summed E-state index contributed by atoms with van der Waals surface area (Å²) in [6, 6.07) is 17.6. The largest absolute Gasteiger partial charge is 0.545 e. The van der Waals surface area contributed by atoms with E-state index in [1.165, 1.54) is 13.5 Å². The molecule has 2 fully saturated rings. The molecule has 6 rings (SSSR count). The van der Waals surface area contributed by atoms with Crippen LogP contribution in [0.15, 0.2) is 59.0 Å². The molecule has 7 nitrogen and oxygen atoms in total. The first-order chi connectivity index (χ1) is 18.6.